The zero-order valence-corrected chi connectivity index (χ0v) is 18.1. The lowest BCUT2D eigenvalue weighted by molar-refractivity contribution is 0.344. The average molecular weight is 440 g/mol. The second-order valence-corrected chi connectivity index (χ2v) is 8.45. The van der Waals surface area contributed by atoms with E-state index in [-0.39, 0.29) is 5.82 Å². The lowest BCUT2D eigenvalue weighted by Gasteiger charge is -2.28. The molecule has 3 aromatic rings. The van der Waals surface area contributed by atoms with E-state index in [0.29, 0.717) is 29.3 Å². The number of hydrogen-bond acceptors (Lipinski definition) is 5. The number of benzene rings is 1. The molecule has 0 bridgehead atoms. The van der Waals surface area contributed by atoms with Gasteiger partial charge in [-0.3, -0.25) is 0 Å². The maximum atomic E-state index is 13.4. The Balaban J connectivity index is 1.46. The highest BCUT2D eigenvalue weighted by Crippen LogP contribution is 2.31. The van der Waals surface area contributed by atoms with Gasteiger partial charge in [-0.25, -0.2) is 14.4 Å². The van der Waals surface area contributed by atoms with E-state index in [9.17, 15) is 4.39 Å². The van der Waals surface area contributed by atoms with Gasteiger partial charge in [-0.2, -0.15) is 0 Å². The maximum Gasteiger partial charge on any atom is 0.126 e. The first kappa shape index (κ1) is 21.5. The zero-order chi connectivity index (χ0) is 21.6. The molecule has 0 atom stereocenters. The number of halogens is 2. The summed E-state index contributed by atoms with van der Waals surface area (Å²) in [5.41, 5.74) is 8.23. The third-order valence-corrected chi connectivity index (χ3v) is 6.08. The van der Waals surface area contributed by atoms with Crippen molar-refractivity contribution in [3.8, 4) is 11.3 Å². The zero-order valence-electron chi connectivity index (χ0n) is 17.3. The molecule has 162 valence electrons. The standard InChI is InChI=1S/C24H27ClFN5/c25-21-15-29-24(30-19-9-7-16(13-27)8-10-19)12-20(21)22-5-2-6-23(31-22)28-14-17-3-1-4-18(26)11-17/h1-6,11-12,15-16,19H,7-10,13-14,27H2,(H,28,31)(H,29,30)/t16-,19-. The molecule has 1 aliphatic rings. The van der Waals surface area contributed by atoms with Crippen LogP contribution in [0.4, 0.5) is 16.0 Å². The van der Waals surface area contributed by atoms with Crippen molar-refractivity contribution in [1.82, 2.24) is 9.97 Å². The Morgan fingerprint density at radius 2 is 1.84 bits per heavy atom. The molecule has 5 nitrogen and oxygen atoms in total. The molecule has 7 heteroatoms. The van der Waals surface area contributed by atoms with E-state index in [1.807, 2.05) is 30.3 Å². The van der Waals surface area contributed by atoms with E-state index in [1.165, 1.54) is 12.1 Å². The van der Waals surface area contributed by atoms with E-state index in [2.05, 4.69) is 15.6 Å². The smallest absolute Gasteiger partial charge is 0.126 e. The predicted octanol–water partition coefficient (Wildman–Crippen LogP) is 5.48. The van der Waals surface area contributed by atoms with Crippen molar-refractivity contribution in [3.63, 3.8) is 0 Å². The fraction of sp³-hybridized carbons (Fsp3) is 0.333. The van der Waals surface area contributed by atoms with Gasteiger partial charge in [0.1, 0.15) is 17.5 Å². The quantitative estimate of drug-likeness (QED) is 0.454. The van der Waals surface area contributed by atoms with Crippen molar-refractivity contribution < 1.29 is 4.39 Å². The highest BCUT2D eigenvalue weighted by molar-refractivity contribution is 6.33. The Hall–Kier alpha value is -2.70. The Morgan fingerprint density at radius 1 is 1.03 bits per heavy atom. The third-order valence-electron chi connectivity index (χ3n) is 5.78. The van der Waals surface area contributed by atoms with Crippen LogP contribution in [0.5, 0.6) is 0 Å². The van der Waals surface area contributed by atoms with Gasteiger partial charge in [0.15, 0.2) is 0 Å². The van der Waals surface area contributed by atoms with Crippen LogP contribution in [0.2, 0.25) is 5.02 Å². The summed E-state index contributed by atoms with van der Waals surface area (Å²) < 4.78 is 13.4. The average Bonchev–Trinajstić information content (AvgIpc) is 2.80. The number of aromatic nitrogens is 2. The molecule has 2 aromatic heterocycles. The molecule has 1 aliphatic carbocycles. The second kappa shape index (κ2) is 10.1. The van der Waals surface area contributed by atoms with E-state index >= 15 is 0 Å². The first-order valence-corrected chi connectivity index (χ1v) is 11.1. The van der Waals surface area contributed by atoms with Crippen molar-refractivity contribution in [2.24, 2.45) is 11.7 Å². The minimum atomic E-state index is -0.249. The highest BCUT2D eigenvalue weighted by atomic mass is 35.5. The van der Waals surface area contributed by atoms with E-state index in [4.69, 9.17) is 22.3 Å². The molecule has 4 N–H and O–H groups in total. The van der Waals surface area contributed by atoms with Crippen LogP contribution in [-0.4, -0.2) is 22.6 Å². The van der Waals surface area contributed by atoms with Gasteiger partial charge in [-0.1, -0.05) is 29.8 Å². The number of pyridine rings is 2. The third kappa shape index (κ3) is 5.71. The summed E-state index contributed by atoms with van der Waals surface area (Å²) in [6, 6.07) is 14.6. The molecule has 2 heterocycles. The number of anilines is 2. The van der Waals surface area contributed by atoms with Crippen LogP contribution in [-0.2, 0) is 6.54 Å². The largest absolute Gasteiger partial charge is 0.367 e. The van der Waals surface area contributed by atoms with Crippen molar-refractivity contribution in [2.75, 3.05) is 17.2 Å². The highest BCUT2D eigenvalue weighted by Gasteiger charge is 2.20. The van der Waals surface area contributed by atoms with Crippen LogP contribution >= 0.6 is 11.6 Å². The number of nitrogens with one attached hydrogen (secondary N) is 2. The Bertz CT molecular complexity index is 1020. The van der Waals surface area contributed by atoms with Crippen LogP contribution in [0, 0.1) is 11.7 Å². The summed E-state index contributed by atoms with van der Waals surface area (Å²) in [5, 5.41) is 7.33. The Kier molecular flexibility index (Phi) is 6.99. The van der Waals surface area contributed by atoms with E-state index in [1.54, 1.807) is 12.3 Å². The molecular formula is C24H27ClFN5. The predicted molar refractivity (Wildman–Crippen MR) is 125 cm³/mol. The molecule has 1 fully saturated rings. The number of rotatable bonds is 7. The number of hydrogen-bond donors (Lipinski definition) is 3. The van der Waals surface area contributed by atoms with Gasteiger partial charge in [0.05, 0.1) is 10.7 Å². The van der Waals surface area contributed by atoms with Gasteiger partial charge in [0.2, 0.25) is 0 Å². The molecule has 1 saturated carbocycles. The monoisotopic (exact) mass is 439 g/mol. The van der Waals surface area contributed by atoms with E-state index in [0.717, 1.165) is 54.9 Å². The summed E-state index contributed by atoms with van der Waals surface area (Å²) in [5.74, 6) is 1.89. The second-order valence-electron chi connectivity index (χ2n) is 8.04. The van der Waals surface area contributed by atoms with Gasteiger partial charge in [-0.05, 0) is 74.0 Å². The van der Waals surface area contributed by atoms with Crippen LogP contribution in [0.3, 0.4) is 0 Å². The minimum Gasteiger partial charge on any atom is -0.367 e. The minimum absolute atomic E-state index is 0.249. The summed E-state index contributed by atoms with van der Waals surface area (Å²) in [6.45, 7) is 1.25. The van der Waals surface area contributed by atoms with E-state index < -0.39 is 0 Å². The molecule has 0 spiro atoms. The summed E-state index contributed by atoms with van der Waals surface area (Å²) in [7, 11) is 0. The lowest BCUT2D eigenvalue weighted by Crippen LogP contribution is -2.29. The normalized spacial score (nSPS) is 18.5. The van der Waals surface area contributed by atoms with Gasteiger partial charge >= 0.3 is 0 Å². The SMILES string of the molecule is NC[C@H]1CC[C@H](Nc2cc(-c3cccc(NCc4cccc(F)c4)n3)c(Cl)cn2)CC1. The molecule has 0 unspecified atom stereocenters. The van der Waals surface area contributed by atoms with Gasteiger partial charge in [0.25, 0.3) is 0 Å². The summed E-state index contributed by atoms with van der Waals surface area (Å²) in [4.78, 5) is 9.15. The summed E-state index contributed by atoms with van der Waals surface area (Å²) >= 11 is 6.45. The fourth-order valence-corrected chi connectivity index (χ4v) is 4.19. The molecule has 31 heavy (non-hydrogen) atoms. The van der Waals surface area contributed by atoms with Gasteiger partial charge in [0, 0.05) is 24.3 Å². The molecule has 0 amide bonds. The molecule has 0 saturated heterocycles. The van der Waals surface area contributed by atoms with Crippen molar-refractivity contribution in [1.29, 1.82) is 0 Å². The first-order chi connectivity index (χ1) is 15.1. The maximum absolute atomic E-state index is 13.4. The molecule has 0 aliphatic heterocycles. The molecule has 0 radical (unpaired) electrons. The van der Waals surface area contributed by atoms with Crippen LogP contribution in [0.25, 0.3) is 11.3 Å². The first-order valence-electron chi connectivity index (χ1n) is 10.7. The number of nitrogens with two attached hydrogens (primary N) is 1. The van der Waals surface area contributed by atoms with Crippen LogP contribution in [0.15, 0.2) is 54.7 Å². The number of nitrogens with zero attached hydrogens (tertiary/aromatic N) is 2. The Labute approximate surface area is 187 Å². The van der Waals surface area contributed by atoms with Crippen LogP contribution in [0.1, 0.15) is 31.2 Å². The fourth-order valence-electron chi connectivity index (χ4n) is 3.99. The molecule has 4 rings (SSSR count). The van der Waals surface area contributed by atoms with Crippen LogP contribution < -0.4 is 16.4 Å². The topological polar surface area (TPSA) is 75.9 Å². The van der Waals surface area contributed by atoms with Crippen molar-refractivity contribution >= 4 is 23.2 Å². The molecule has 1 aromatic carbocycles. The lowest BCUT2D eigenvalue weighted by atomic mass is 9.86. The Morgan fingerprint density at radius 3 is 2.61 bits per heavy atom. The molecular weight excluding hydrogens is 413 g/mol. The van der Waals surface area contributed by atoms with Gasteiger partial charge in [-0.15, -0.1) is 0 Å². The van der Waals surface area contributed by atoms with Crippen molar-refractivity contribution in [3.05, 3.63) is 71.1 Å². The van der Waals surface area contributed by atoms with Gasteiger partial charge < -0.3 is 16.4 Å². The summed E-state index contributed by atoms with van der Waals surface area (Å²) in [6.07, 6.45) is 6.15. The van der Waals surface area contributed by atoms with Crippen molar-refractivity contribution in [2.45, 2.75) is 38.3 Å².